The number of aryl methyl sites for hydroxylation is 1. The second kappa shape index (κ2) is 7.32. The topological polar surface area (TPSA) is 62.5 Å². The van der Waals surface area contributed by atoms with Gasteiger partial charge < -0.3 is 14.8 Å². The zero-order chi connectivity index (χ0) is 16.9. The average Bonchev–Trinajstić information content (AvgIpc) is 2.97. The number of aliphatic hydroxyl groups is 1. The molecule has 0 aliphatic heterocycles. The molecule has 0 unspecified atom stereocenters. The Hall–Kier alpha value is -2.59. The lowest BCUT2D eigenvalue weighted by Gasteiger charge is -2.05. The highest BCUT2D eigenvalue weighted by Crippen LogP contribution is 2.22. The number of hydrogen-bond acceptors (Lipinski definition) is 3. The molecule has 3 aromatic rings. The van der Waals surface area contributed by atoms with Gasteiger partial charge in [0.1, 0.15) is 5.58 Å². The van der Waals surface area contributed by atoms with Crippen LogP contribution in [0.1, 0.15) is 22.3 Å². The van der Waals surface area contributed by atoms with Gasteiger partial charge in [-0.05, 0) is 36.1 Å². The molecule has 2 N–H and O–H groups in total. The second-order valence-corrected chi connectivity index (χ2v) is 6.01. The van der Waals surface area contributed by atoms with Crippen LogP contribution >= 0.6 is 0 Å². The minimum atomic E-state index is -0.00902. The first-order valence-electron chi connectivity index (χ1n) is 8.08. The lowest BCUT2D eigenvalue weighted by molar-refractivity contribution is -0.120. The molecule has 0 radical (unpaired) electrons. The molecule has 0 saturated heterocycles. The molecular weight excluding hydrogens is 302 g/mol. The first-order valence-corrected chi connectivity index (χ1v) is 8.08. The quantitative estimate of drug-likeness (QED) is 0.732. The average molecular weight is 323 g/mol. The van der Waals surface area contributed by atoms with Crippen LogP contribution in [0.4, 0.5) is 0 Å². The Labute approximate surface area is 141 Å². The normalized spacial score (nSPS) is 10.9. The summed E-state index contributed by atoms with van der Waals surface area (Å²) in [6, 6.07) is 13.8. The van der Waals surface area contributed by atoms with Crippen LogP contribution in [0.25, 0.3) is 11.0 Å². The van der Waals surface area contributed by atoms with E-state index in [0.717, 1.165) is 39.6 Å². The fraction of sp³-hybridized carbons (Fsp3) is 0.250. The largest absolute Gasteiger partial charge is 0.464 e. The first-order chi connectivity index (χ1) is 11.7. The minimum Gasteiger partial charge on any atom is -0.464 e. The van der Waals surface area contributed by atoms with Crippen LogP contribution < -0.4 is 5.32 Å². The maximum Gasteiger partial charge on any atom is 0.224 e. The highest BCUT2D eigenvalue weighted by molar-refractivity contribution is 5.87. The molecule has 1 heterocycles. The van der Waals surface area contributed by atoms with Gasteiger partial charge in [-0.15, -0.1) is 0 Å². The standard InChI is InChI=1S/C20H21NO3/c1-14-2-7-18-17(13-24-19(18)10-14)11-20(23)21-9-8-15-3-5-16(12-22)6-4-15/h2-7,10,13,22H,8-9,11-12H2,1H3,(H,21,23). The van der Waals surface area contributed by atoms with E-state index in [2.05, 4.69) is 5.32 Å². The summed E-state index contributed by atoms with van der Waals surface area (Å²) in [5, 5.41) is 13.0. The number of carbonyl (C=O) groups excluding carboxylic acids is 1. The molecule has 4 nitrogen and oxygen atoms in total. The summed E-state index contributed by atoms with van der Waals surface area (Å²) in [5.74, 6) is -0.00902. The number of aliphatic hydroxyl groups excluding tert-OH is 1. The van der Waals surface area contributed by atoms with Crippen molar-refractivity contribution in [3.63, 3.8) is 0 Å². The molecule has 3 rings (SSSR count). The number of carbonyl (C=O) groups is 1. The van der Waals surface area contributed by atoms with E-state index in [1.54, 1.807) is 6.26 Å². The third kappa shape index (κ3) is 3.84. The van der Waals surface area contributed by atoms with E-state index in [4.69, 9.17) is 9.52 Å². The molecule has 0 aliphatic rings. The first kappa shape index (κ1) is 16.3. The van der Waals surface area contributed by atoms with Crippen LogP contribution in [0.3, 0.4) is 0 Å². The van der Waals surface area contributed by atoms with E-state index >= 15 is 0 Å². The molecule has 1 aromatic heterocycles. The molecule has 0 saturated carbocycles. The lowest BCUT2D eigenvalue weighted by atomic mass is 10.1. The van der Waals surface area contributed by atoms with Crippen molar-refractivity contribution in [2.75, 3.05) is 6.54 Å². The van der Waals surface area contributed by atoms with Crippen molar-refractivity contribution >= 4 is 16.9 Å². The van der Waals surface area contributed by atoms with Gasteiger partial charge in [0.2, 0.25) is 5.91 Å². The van der Waals surface area contributed by atoms with Crippen LogP contribution in [-0.2, 0) is 24.2 Å². The van der Waals surface area contributed by atoms with E-state index in [0.29, 0.717) is 13.0 Å². The highest BCUT2D eigenvalue weighted by atomic mass is 16.3. The number of benzene rings is 2. The second-order valence-electron chi connectivity index (χ2n) is 6.01. The highest BCUT2D eigenvalue weighted by Gasteiger charge is 2.10. The molecular formula is C20H21NO3. The molecule has 0 fully saturated rings. The Morgan fingerprint density at radius 3 is 2.62 bits per heavy atom. The van der Waals surface area contributed by atoms with Gasteiger partial charge in [-0.25, -0.2) is 0 Å². The van der Waals surface area contributed by atoms with E-state index in [1.807, 2.05) is 49.4 Å². The van der Waals surface area contributed by atoms with Crippen LogP contribution in [0.15, 0.2) is 53.1 Å². The Morgan fingerprint density at radius 2 is 1.88 bits per heavy atom. The number of rotatable bonds is 6. The minimum absolute atomic E-state index is 0.00902. The van der Waals surface area contributed by atoms with Gasteiger partial charge in [-0.1, -0.05) is 36.4 Å². The van der Waals surface area contributed by atoms with Crippen molar-refractivity contribution in [2.45, 2.75) is 26.4 Å². The van der Waals surface area contributed by atoms with E-state index in [9.17, 15) is 4.79 Å². The number of hydrogen-bond donors (Lipinski definition) is 2. The third-order valence-corrected chi connectivity index (χ3v) is 4.10. The fourth-order valence-corrected chi connectivity index (χ4v) is 2.72. The summed E-state index contributed by atoms with van der Waals surface area (Å²) in [4.78, 5) is 12.1. The number of nitrogens with one attached hydrogen (secondary N) is 1. The summed E-state index contributed by atoms with van der Waals surface area (Å²) in [7, 11) is 0. The Bertz CT molecular complexity index is 834. The van der Waals surface area contributed by atoms with Crippen molar-refractivity contribution in [3.05, 3.63) is 71.0 Å². The molecule has 0 bridgehead atoms. The van der Waals surface area contributed by atoms with Gasteiger partial charge in [0.05, 0.1) is 19.3 Å². The molecule has 0 atom stereocenters. The predicted molar refractivity (Wildman–Crippen MR) is 93.7 cm³/mol. The third-order valence-electron chi connectivity index (χ3n) is 4.10. The molecule has 24 heavy (non-hydrogen) atoms. The Kier molecular flexibility index (Phi) is 4.96. The van der Waals surface area contributed by atoms with E-state index in [-0.39, 0.29) is 12.5 Å². The van der Waals surface area contributed by atoms with Gasteiger partial charge in [-0.3, -0.25) is 4.79 Å². The number of fused-ring (bicyclic) bond motifs is 1. The molecule has 2 aromatic carbocycles. The summed E-state index contributed by atoms with van der Waals surface area (Å²) >= 11 is 0. The lowest BCUT2D eigenvalue weighted by Crippen LogP contribution is -2.27. The van der Waals surface area contributed by atoms with Gasteiger partial charge in [0.25, 0.3) is 0 Å². The summed E-state index contributed by atoms with van der Waals surface area (Å²) in [5.41, 5.74) is 4.90. The maximum atomic E-state index is 12.1. The monoisotopic (exact) mass is 323 g/mol. The Morgan fingerprint density at radius 1 is 1.12 bits per heavy atom. The predicted octanol–water partition coefficient (Wildman–Crippen LogP) is 3.13. The number of furan rings is 1. The van der Waals surface area contributed by atoms with Crippen molar-refractivity contribution in [3.8, 4) is 0 Å². The smallest absolute Gasteiger partial charge is 0.224 e. The number of amides is 1. The molecule has 0 aliphatic carbocycles. The summed E-state index contributed by atoms with van der Waals surface area (Å²) in [6.07, 6.45) is 2.75. The zero-order valence-corrected chi connectivity index (χ0v) is 13.7. The maximum absolute atomic E-state index is 12.1. The zero-order valence-electron chi connectivity index (χ0n) is 13.7. The van der Waals surface area contributed by atoms with Crippen molar-refractivity contribution in [1.82, 2.24) is 5.32 Å². The Balaban J connectivity index is 1.53. The van der Waals surface area contributed by atoms with E-state index < -0.39 is 0 Å². The van der Waals surface area contributed by atoms with Gasteiger partial charge in [0, 0.05) is 17.5 Å². The molecule has 1 amide bonds. The molecule has 0 spiro atoms. The van der Waals surface area contributed by atoms with Crippen molar-refractivity contribution in [1.29, 1.82) is 0 Å². The van der Waals surface area contributed by atoms with E-state index in [1.165, 1.54) is 0 Å². The van der Waals surface area contributed by atoms with Crippen molar-refractivity contribution < 1.29 is 14.3 Å². The van der Waals surface area contributed by atoms with Crippen LogP contribution in [0.5, 0.6) is 0 Å². The SMILES string of the molecule is Cc1ccc2c(CC(=O)NCCc3ccc(CO)cc3)coc2c1. The summed E-state index contributed by atoms with van der Waals surface area (Å²) < 4.78 is 5.53. The van der Waals surface area contributed by atoms with Crippen LogP contribution in [0, 0.1) is 6.92 Å². The molecule has 124 valence electrons. The van der Waals surface area contributed by atoms with Crippen molar-refractivity contribution in [2.24, 2.45) is 0 Å². The van der Waals surface area contributed by atoms with Crippen LogP contribution in [-0.4, -0.2) is 17.6 Å². The van der Waals surface area contributed by atoms with Gasteiger partial charge in [0.15, 0.2) is 0 Å². The van der Waals surface area contributed by atoms with Crippen LogP contribution in [0.2, 0.25) is 0 Å². The molecule has 4 heteroatoms. The summed E-state index contributed by atoms with van der Waals surface area (Å²) in [6.45, 7) is 2.66. The van der Waals surface area contributed by atoms with Gasteiger partial charge >= 0.3 is 0 Å². The van der Waals surface area contributed by atoms with Gasteiger partial charge in [-0.2, -0.15) is 0 Å². The fourth-order valence-electron chi connectivity index (χ4n) is 2.72.